The Bertz CT molecular complexity index is 903. The molecule has 2 N–H and O–H groups in total. The van der Waals surface area contributed by atoms with E-state index in [2.05, 4.69) is 57.8 Å². The van der Waals surface area contributed by atoms with Crippen LogP contribution in [0.4, 0.5) is 0 Å². The third-order valence-electron chi connectivity index (χ3n) is 7.82. The average Bonchev–Trinajstić information content (AvgIpc) is 3.37. The molecule has 6 heteroatoms. The normalized spacial score (nSPS) is 20.0. The summed E-state index contributed by atoms with van der Waals surface area (Å²) < 4.78 is 0. The summed E-state index contributed by atoms with van der Waals surface area (Å²) in [4.78, 5) is 30.3. The summed E-state index contributed by atoms with van der Waals surface area (Å²) in [6, 6.07) is 13.0. The van der Waals surface area contributed by atoms with Crippen LogP contribution in [0.15, 0.2) is 47.2 Å². The summed E-state index contributed by atoms with van der Waals surface area (Å²) in [6.07, 6.45) is 8.27. The molecule has 2 aliphatic rings. The SMILES string of the molecule is CC(CC(N)=O)N1CCC(N(Cc2ccsc2)C(=O)C(c2ccccc2)C2CCCCC2)CC1. The molecule has 34 heavy (non-hydrogen) atoms. The summed E-state index contributed by atoms with van der Waals surface area (Å²) >= 11 is 1.69. The monoisotopic (exact) mass is 481 g/mol. The van der Waals surface area contributed by atoms with Crippen molar-refractivity contribution in [3.05, 3.63) is 58.3 Å². The fourth-order valence-electron chi connectivity index (χ4n) is 5.95. The highest BCUT2D eigenvalue weighted by molar-refractivity contribution is 7.07. The summed E-state index contributed by atoms with van der Waals surface area (Å²) in [5.41, 5.74) is 7.82. The van der Waals surface area contributed by atoms with Gasteiger partial charge in [0, 0.05) is 38.1 Å². The van der Waals surface area contributed by atoms with Gasteiger partial charge >= 0.3 is 0 Å². The number of amides is 2. The van der Waals surface area contributed by atoms with Gasteiger partial charge in [0.25, 0.3) is 0 Å². The van der Waals surface area contributed by atoms with Crippen molar-refractivity contribution in [2.75, 3.05) is 13.1 Å². The molecule has 2 fully saturated rings. The zero-order valence-corrected chi connectivity index (χ0v) is 21.2. The molecule has 2 aromatic rings. The number of primary amides is 1. The predicted octanol–water partition coefficient (Wildman–Crippen LogP) is 5.17. The van der Waals surface area contributed by atoms with Crippen molar-refractivity contribution >= 4 is 23.2 Å². The van der Waals surface area contributed by atoms with Crippen molar-refractivity contribution < 1.29 is 9.59 Å². The largest absolute Gasteiger partial charge is 0.370 e. The van der Waals surface area contributed by atoms with E-state index in [9.17, 15) is 9.59 Å². The fourth-order valence-corrected chi connectivity index (χ4v) is 6.61. The first-order chi connectivity index (χ1) is 16.5. The van der Waals surface area contributed by atoms with Crippen LogP contribution in [0, 0.1) is 5.92 Å². The van der Waals surface area contributed by atoms with Crippen molar-refractivity contribution in [2.24, 2.45) is 11.7 Å². The standard InChI is InChI=1S/C28H39N3O2S/c1-21(18-26(29)32)30-15-12-25(13-16-30)31(19-22-14-17-34-20-22)28(33)27(23-8-4-2-5-9-23)24-10-6-3-7-11-24/h2,4-5,8-9,14,17,20-21,24-25,27H,3,6-7,10-13,15-16,18-19H2,1H3,(H2,29,32). The Hall–Kier alpha value is -2.18. The van der Waals surface area contributed by atoms with E-state index in [1.165, 1.54) is 30.4 Å². The van der Waals surface area contributed by atoms with E-state index in [1.54, 1.807) is 11.3 Å². The fraction of sp³-hybridized carbons (Fsp3) is 0.571. The van der Waals surface area contributed by atoms with Gasteiger partial charge in [-0.3, -0.25) is 14.5 Å². The van der Waals surface area contributed by atoms with Crippen molar-refractivity contribution in [1.29, 1.82) is 0 Å². The molecule has 1 saturated heterocycles. The third kappa shape index (κ3) is 6.28. The predicted molar refractivity (Wildman–Crippen MR) is 138 cm³/mol. The van der Waals surface area contributed by atoms with Crippen LogP contribution in [0.25, 0.3) is 0 Å². The average molecular weight is 482 g/mol. The Kier molecular flexibility index (Phi) is 8.79. The molecule has 0 radical (unpaired) electrons. The zero-order chi connectivity index (χ0) is 23.9. The number of nitrogens with two attached hydrogens (primary N) is 1. The lowest BCUT2D eigenvalue weighted by atomic mass is 9.75. The second kappa shape index (κ2) is 12.0. The topological polar surface area (TPSA) is 66.6 Å². The van der Waals surface area contributed by atoms with Gasteiger partial charge in [-0.05, 0) is 66.5 Å². The Morgan fingerprint density at radius 3 is 2.38 bits per heavy atom. The van der Waals surface area contributed by atoms with Crippen LogP contribution < -0.4 is 5.73 Å². The smallest absolute Gasteiger partial charge is 0.230 e. The first-order valence-corrected chi connectivity index (χ1v) is 13.9. The highest BCUT2D eigenvalue weighted by Gasteiger charge is 2.37. The Morgan fingerprint density at radius 2 is 1.76 bits per heavy atom. The summed E-state index contributed by atoms with van der Waals surface area (Å²) in [7, 11) is 0. The maximum atomic E-state index is 14.4. The maximum Gasteiger partial charge on any atom is 0.230 e. The van der Waals surface area contributed by atoms with Gasteiger partial charge in [0.15, 0.2) is 0 Å². The van der Waals surface area contributed by atoms with Crippen molar-refractivity contribution in [2.45, 2.75) is 82.8 Å². The van der Waals surface area contributed by atoms with Gasteiger partial charge in [0.05, 0.1) is 5.92 Å². The molecule has 2 heterocycles. The first-order valence-electron chi connectivity index (χ1n) is 12.9. The number of piperidine rings is 1. The van der Waals surface area contributed by atoms with Crippen molar-refractivity contribution in [3.8, 4) is 0 Å². The van der Waals surface area contributed by atoms with E-state index >= 15 is 0 Å². The molecule has 1 aromatic carbocycles. The van der Waals surface area contributed by atoms with Crippen LogP contribution in [-0.2, 0) is 16.1 Å². The summed E-state index contributed by atoms with van der Waals surface area (Å²) in [6.45, 7) is 4.55. The molecular formula is C28H39N3O2S. The zero-order valence-electron chi connectivity index (χ0n) is 20.4. The van der Waals surface area contributed by atoms with E-state index in [0.29, 0.717) is 24.8 Å². The third-order valence-corrected chi connectivity index (χ3v) is 8.55. The van der Waals surface area contributed by atoms with Crippen LogP contribution in [0.5, 0.6) is 0 Å². The van der Waals surface area contributed by atoms with Gasteiger partial charge in [-0.2, -0.15) is 11.3 Å². The second-order valence-electron chi connectivity index (χ2n) is 10.2. The van der Waals surface area contributed by atoms with E-state index in [0.717, 1.165) is 38.8 Å². The van der Waals surface area contributed by atoms with Crippen molar-refractivity contribution in [1.82, 2.24) is 9.80 Å². The number of benzene rings is 1. The van der Waals surface area contributed by atoms with Gasteiger partial charge < -0.3 is 10.6 Å². The van der Waals surface area contributed by atoms with E-state index in [4.69, 9.17) is 5.73 Å². The van der Waals surface area contributed by atoms with Gasteiger partial charge in [0.2, 0.25) is 11.8 Å². The Labute approximate surface area is 208 Å². The first kappa shape index (κ1) is 24.9. The van der Waals surface area contributed by atoms with Crippen LogP contribution >= 0.6 is 11.3 Å². The number of likely N-dealkylation sites (tertiary alicyclic amines) is 1. The molecule has 2 unspecified atom stereocenters. The highest BCUT2D eigenvalue weighted by Crippen LogP contribution is 2.38. The summed E-state index contributed by atoms with van der Waals surface area (Å²) in [5.74, 6) is 0.409. The minimum atomic E-state index is -0.248. The van der Waals surface area contributed by atoms with Gasteiger partial charge in [-0.1, -0.05) is 49.6 Å². The Balaban J connectivity index is 1.55. The van der Waals surface area contributed by atoms with Crippen LogP contribution in [0.1, 0.15) is 75.3 Å². The number of nitrogens with zero attached hydrogens (tertiary/aromatic N) is 2. The summed E-state index contributed by atoms with van der Waals surface area (Å²) in [5, 5.41) is 4.27. The maximum absolute atomic E-state index is 14.4. The van der Waals surface area contributed by atoms with E-state index in [-0.39, 0.29) is 23.9 Å². The lowest BCUT2D eigenvalue weighted by Gasteiger charge is -2.43. The second-order valence-corrected chi connectivity index (χ2v) is 11.0. The minimum Gasteiger partial charge on any atom is -0.370 e. The number of carbonyl (C=O) groups excluding carboxylic acids is 2. The molecule has 0 spiro atoms. The van der Waals surface area contributed by atoms with Crippen LogP contribution in [0.3, 0.4) is 0 Å². The van der Waals surface area contributed by atoms with Crippen LogP contribution in [0.2, 0.25) is 0 Å². The highest BCUT2D eigenvalue weighted by atomic mass is 32.1. The molecule has 1 aliphatic heterocycles. The van der Waals surface area contributed by atoms with Crippen molar-refractivity contribution in [3.63, 3.8) is 0 Å². The van der Waals surface area contributed by atoms with Gasteiger partial charge in [-0.15, -0.1) is 0 Å². The van der Waals surface area contributed by atoms with Gasteiger partial charge in [-0.25, -0.2) is 0 Å². The molecular weight excluding hydrogens is 442 g/mol. The number of hydrogen-bond donors (Lipinski definition) is 1. The molecule has 5 nitrogen and oxygen atoms in total. The van der Waals surface area contributed by atoms with Crippen LogP contribution in [-0.4, -0.2) is 46.8 Å². The van der Waals surface area contributed by atoms with E-state index < -0.39 is 0 Å². The number of hydrogen-bond acceptors (Lipinski definition) is 4. The quantitative estimate of drug-likeness (QED) is 0.537. The minimum absolute atomic E-state index is 0.0630. The lowest BCUT2D eigenvalue weighted by Crippen LogP contribution is -2.51. The molecule has 1 aliphatic carbocycles. The molecule has 184 valence electrons. The molecule has 2 amide bonds. The molecule has 2 atom stereocenters. The number of thiophene rings is 1. The lowest BCUT2D eigenvalue weighted by molar-refractivity contribution is -0.138. The Morgan fingerprint density at radius 1 is 1.06 bits per heavy atom. The molecule has 1 saturated carbocycles. The number of carbonyl (C=O) groups is 2. The van der Waals surface area contributed by atoms with E-state index in [1.807, 2.05) is 6.07 Å². The van der Waals surface area contributed by atoms with Gasteiger partial charge in [0.1, 0.15) is 0 Å². The number of rotatable bonds is 9. The molecule has 1 aromatic heterocycles. The molecule has 0 bridgehead atoms. The molecule has 4 rings (SSSR count).